The third-order valence-electron chi connectivity index (χ3n) is 5.55. The maximum atomic E-state index is 12.8. The molecule has 29 heavy (non-hydrogen) atoms. The minimum atomic E-state index is -0.130. The second kappa shape index (κ2) is 7.14. The van der Waals surface area contributed by atoms with Gasteiger partial charge in [-0.3, -0.25) is 9.36 Å². The quantitative estimate of drug-likeness (QED) is 0.565. The van der Waals surface area contributed by atoms with Crippen molar-refractivity contribution >= 4 is 16.9 Å². The van der Waals surface area contributed by atoms with E-state index in [9.17, 15) is 4.79 Å². The minimum Gasteiger partial charge on any atom is -0.345 e. The highest BCUT2D eigenvalue weighted by Crippen LogP contribution is 2.34. The Morgan fingerprint density at radius 1 is 0.966 bits per heavy atom. The summed E-state index contributed by atoms with van der Waals surface area (Å²) in [6.45, 7) is 0. The van der Waals surface area contributed by atoms with Crippen LogP contribution in [0.3, 0.4) is 0 Å². The number of aromatic nitrogens is 3. The number of carbonyl (C=O) groups is 1. The first-order chi connectivity index (χ1) is 14.2. The van der Waals surface area contributed by atoms with Crippen LogP contribution in [0.5, 0.6) is 0 Å². The van der Waals surface area contributed by atoms with Crippen LogP contribution in [-0.2, 0) is 0 Å². The van der Waals surface area contributed by atoms with Crippen molar-refractivity contribution in [3.05, 3.63) is 89.9 Å². The number of imidazole rings is 1. The molecule has 2 atom stereocenters. The molecule has 0 radical (unpaired) electrons. The van der Waals surface area contributed by atoms with Gasteiger partial charge in [0.05, 0.1) is 22.6 Å². The Morgan fingerprint density at radius 3 is 2.59 bits per heavy atom. The maximum Gasteiger partial charge on any atom is 0.253 e. The molecule has 2 unspecified atom stereocenters. The van der Waals surface area contributed by atoms with Gasteiger partial charge in [-0.05, 0) is 48.2 Å². The lowest BCUT2D eigenvalue weighted by Gasteiger charge is -2.30. The second-order valence-electron chi connectivity index (χ2n) is 7.35. The molecule has 1 aliphatic carbocycles. The van der Waals surface area contributed by atoms with Gasteiger partial charge in [0, 0.05) is 12.2 Å². The normalized spacial score (nSPS) is 18.4. The molecule has 1 amide bonds. The van der Waals surface area contributed by atoms with Crippen LogP contribution in [0.15, 0.2) is 73.2 Å². The summed E-state index contributed by atoms with van der Waals surface area (Å²) in [5, 5.41) is 3.14. The highest BCUT2D eigenvalue weighted by molar-refractivity contribution is 5.94. The Kier molecular flexibility index (Phi) is 4.33. The van der Waals surface area contributed by atoms with Crippen LogP contribution in [-0.4, -0.2) is 20.4 Å². The van der Waals surface area contributed by atoms with Crippen molar-refractivity contribution in [2.45, 2.75) is 24.9 Å². The highest BCUT2D eigenvalue weighted by Gasteiger charge is 2.26. The first kappa shape index (κ1) is 17.6. The van der Waals surface area contributed by atoms with Crippen LogP contribution in [0, 0.1) is 0 Å². The van der Waals surface area contributed by atoms with E-state index in [1.165, 1.54) is 0 Å². The van der Waals surface area contributed by atoms with Gasteiger partial charge in [-0.1, -0.05) is 36.4 Å². The molecule has 0 fully saturated rings. The van der Waals surface area contributed by atoms with Gasteiger partial charge in [0.25, 0.3) is 5.91 Å². The number of carbonyl (C=O) groups excluding carboxylic acids is 1. The minimum absolute atomic E-state index is 0.0317. The van der Waals surface area contributed by atoms with E-state index < -0.39 is 0 Å². The average molecular weight is 383 g/mol. The van der Waals surface area contributed by atoms with Crippen molar-refractivity contribution in [3.8, 4) is 5.82 Å². The van der Waals surface area contributed by atoms with Gasteiger partial charge in [0.1, 0.15) is 12.1 Å². The van der Waals surface area contributed by atoms with E-state index in [1.54, 1.807) is 18.6 Å². The van der Waals surface area contributed by atoms with Crippen molar-refractivity contribution in [2.75, 3.05) is 0 Å². The van der Waals surface area contributed by atoms with Crippen LogP contribution in [0.4, 0.5) is 0 Å². The van der Waals surface area contributed by atoms with E-state index in [2.05, 4.69) is 15.3 Å². The summed E-state index contributed by atoms with van der Waals surface area (Å²) in [5.74, 6) is 0.596. The number of nitrogens with two attached hydrogens (primary N) is 1. The fourth-order valence-electron chi connectivity index (χ4n) is 4.02. The predicted octanol–water partition coefficient (Wildman–Crippen LogP) is 3.69. The van der Waals surface area contributed by atoms with E-state index in [0.29, 0.717) is 5.56 Å². The van der Waals surface area contributed by atoms with E-state index in [0.717, 1.165) is 40.8 Å². The topological polar surface area (TPSA) is 85.8 Å². The second-order valence-corrected chi connectivity index (χ2v) is 7.35. The Morgan fingerprint density at radius 2 is 1.76 bits per heavy atom. The van der Waals surface area contributed by atoms with Gasteiger partial charge in [0.15, 0.2) is 0 Å². The molecule has 0 saturated carbocycles. The molecule has 4 aromatic rings. The monoisotopic (exact) mass is 383 g/mol. The number of rotatable bonds is 3. The zero-order chi connectivity index (χ0) is 19.8. The lowest BCUT2D eigenvalue weighted by molar-refractivity contribution is 0.0931. The molecule has 0 spiro atoms. The Bertz CT molecular complexity index is 1180. The molecular weight excluding hydrogens is 362 g/mol. The van der Waals surface area contributed by atoms with Gasteiger partial charge < -0.3 is 11.1 Å². The summed E-state index contributed by atoms with van der Waals surface area (Å²) in [5.41, 5.74) is 10.9. The van der Waals surface area contributed by atoms with Crippen LogP contribution in [0.2, 0.25) is 0 Å². The molecular formula is C23H21N5O. The molecule has 1 aliphatic rings. The van der Waals surface area contributed by atoms with Crippen LogP contribution in [0.25, 0.3) is 16.9 Å². The van der Waals surface area contributed by atoms with Gasteiger partial charge >= 0.3 is 0 Å². The molecule has 0 aliphatic heterocycles. The summed E-state index contributed by atoms with van der Waals surface area (Å²) in [7, 11) is 0. The number of nitrogens with one attached hydrogen (secondary N) is 1. The van der Waals surface area contributed by atoms with Gasteiger partial charge in [-0.2, -0.15) is 0 Å². The number of hydrogen-bond acceptors (Lipinski definition) is 4. The smallest absolute Gasteiger partial charge is 0.253 e. The van der Waals surface area contributed by atoms with E-state index in [4.69, 9.17) is 5.73 Å². The number of pyridine rings is 1. The van der Waals surface area contributed by atoms with Gasteiger partial charge in [-0.15, -0.1) is 0 Å². The standard InChI is InChI=1S/C23H21N5O/c24-18-10-11-19(17-6-2-1-5-16(17)18)27-23(29)15-9-12-22(25-13-15)28-14-26-20-7-3-4-8-21(20)28/h1-9,12-14,18-19H,10-11,24H2,(H,27,29). The molecule has 6 nitrogen and oxygen atoms in total. The summed E-state index contributed by atoms with van der Waals surface area (Å²) in [6.07, 6.45) is 5.04. The lowest BCUT2D eigenvalue weighted by Crippen LogP contribution is -2.33. The summed E-state index contributed by atoms with van der Waals surface area (Å²) in [4.78, 5) is 21.7. The summed E-state index contributed by atoms with van der Waals surface area (Å²) < 4.78 is 1.91. The molecule has 5 rings (SSSR count). The molecule has 0 saturated heterocycles. The van der Waals surface area contributed by atoms with Crippen molar-refractivity contribution in [1.29, 1.82) is 0 Å². The van der Waals surface area contributed by atoms with Gasteiger partial charge in [0.2, 0.25) is 0 Å². The van der Waals surface area contributed by atoms with E-state index in [-0.39, 0.29) is 18.0 Å². The molecule has 6 heteroatoms. The Hall–Kier alpha value is -3.51. The largest absolute Gasteiger partial charge is 0.345 e. The predicted molar refractivity (Wildman–Crippen MR) is 112 cm³/mol. The number of fused-ring (bicyclic) bond motifs is 2. The third-order valence-corrected chi connectivity index (χ3v) is 5.55. The fraction of sp³-hybridized carbons (Fsp3) is 0.174. The molecule has 144 valence electrons. The molecule has 3 N–H and O–H groups in total. The van der Waals surface area contributed by atoms with Crippen LogP contribution in [0.1, 0.15) is 46.4 Å². The van der Waals surface area contributed by atoms with Crippen LogP contribution < -0.4 is 11.1 Å². The average Bonchev–Trinajstić information content (AvgIpc) is 3.20. The van der Waals surface area contributed by atoms with Crippen LogP contribution >= 0.6 is 0 Å². The number of amides is 1. The van der Waals surface area contributed by atoms with E-state index in [1.807, 2.05) is 59.2 Å². The van der Waals surface area contributed by atoms with Crippen molar-refractivity contribution in [1.82, 2.24) is 19.9 Å². The third kappa shape index (κ3) is 3.17. The summed E-state index contributed by atoms with van der Waals surface area (Å²) >= 11 is 0. The molecule has 2 aromatic carbocycles. The number of nitrogens with zero attached hydrogens (tertiary/aromatic N) is 3. The Labute approximate surface area is 168 Å². The SMILES string of the molecule is NC1CCC(NC(=O)c2ccc(-n3cnc4ccccc43)nc2)c2ccccc21. The maximum absolute atomic E-state index is 12.8. The van der Waals surface area contributed by atoms with E-state index >= 15 is 0 Å². The van der Waals surface area contributed by atoms with Gasteiger partial charge in [-0.25, -0.2) is 9.97 Å². The summed E-state index contributed by atoms with van der Waals surface area (Å²) in [6, 6.07) is 19.6. The van der Waals surface area contributed by atoms with Crippen molar-refractivity contribution < 1.29 is 4.79 Å². The zero-order valence-electron chi connectivity index (χ0n) is 15.8. The lowest BCUT2D eigenvalue weighted by atomic mass is 9.84. The zero-order valence-corrected chi connectivity index (χ0v) is 15.8. The fourth-order valence-corrected chi connectivity index (χ4v) is 4.02. The first-order valence-corrected chi connectivity index (χ1v) is 9.74. The molecule has 0 bridgehead atoms. The van der Waals surface area contributed by atoms with Crippen molar-refractivity contribution in [2.24, 2.45) is 5.73 Å². The van der Waals surface area contributed by atoms with Crippen molar-refractivity contribution in [3.63, 3.8) is 0 Å². The molecule has 2 aromatic heterocycles. The highest BCUT2D eigenvalue weighted by atomic mass is 16.1. The molecule has 2 heterocycles. The first-order valence-electron chi connectivity index (χ1n) is 9.74. The Balaban J connectivity index is 1.37. The number of para-hydroxylation sites is 2. The number of hydrogen-bond donors (Lipinski definition) is 2. The number of benzene rings is 2.